The Morgan fingerprint density at radius 3 is 2.74 bits per heavy atom. The van der Waals surface area contributed by atoms with Crippen LogP contribution in [-0.2, 0) is 9.53 Å². The van der Waals surface area contributed by atoms with E-state index in [9.17, 15) is 18.0 Å². The zero-order chi connectivity index (χ0) is 14.0. The van der Waals surface area contributed by atoms with Crippen molar-refractivity contribution in [3.05, 3.63) is 22.8 Å². The highest BCUT2D eigenvalue weighted by molar-refractivity contribution is 6.29. The first kappa shape index (κ1) is 13.6. The summed E-state index contributed by atoms with van der Waals surface area (Å²) in [6.07, 6.45) is -5.01. The van der Waals surface area contributed by atoms with Gasteiger partial charge in [0.25, 0.3) is 0 Å². The number of alkyl halides is 3. The number of rotatable bonds is 2. The number of amides is 1. The topological polar surface area (TPSA) is 63.6 Å². The highest BCUT2D eigenvalue weighted by atomic mass is 35.5. The number of aromatic nitrogens is 1. The SMILES string of the molecule is O=C(Nc1nc(Cl)ccc1C1=NCCO1)C(F)(F)F. The van der Waals surface area contributed by atoms with E-state index in [0.29, 0.717) is 13.2 Å². The molecule has 1 aromatic rings. The Bertz CT molecular complexity index is 545. The minimum Gasteiger partial charge on any atom is -0.475 e. The maximum absolute atomic E-state index is 12.2. The normalized spacial score (nSPS) is 14.8. The van der Waals surface area contributed by atoms with Crippen molar-refractivity contribution in [1.82, 2.24) is 4.98 Å². The van der Waals surface area contributed by atoms with Crippen molar-refractivity contribution in [2.75, 3.05) is 18.5 Å². The van der Waals surface area contributed by atoms with E-state index in [1.165, 1.54) is 12.1 Å². The van der Waals surface area contributed by atoms with Gasteiger partial charge in [0.15, 0.2) is 0 Å². The third kappa shape index (κ3) is 3.14. The van der Waals surface area contributed by atoms with E-state index >= 15 is 0 Å². The van der Waals surface area contributed by atoms with Crippen LogP contribution in [0.3, 0.4) is 0 Å². The van der Waals surface area contributed by atoms with Gasteiger partial charge in [-0.05, 0) is 12.1 Å². The van der Waals surface area contributed by atoms with Gasteiger partial charge in [0.2, 0.25) is 5.90 Å². The number of nitrogens with zero attached hydrogens (tertiary/aromatic N) is 2. The second-order valence-corrected chi connectivity index (χ2v) is 3.90. The first-order valence-corrected chi connectivity index (χ1v) is 5.48. The number of pyridine rings is 1. The molecule has 1 N–H and O–H groups in total. The molecule has 0 fully saturated rings. The third-order valence-corrected chi connectivity index (χ3v) is 2.38. The van der Waals surface area contributed by atoms with E-state index in [-0.39, 0.29) is 22.4 Å². The van der Waals surface area contributed by atoms with Crippen LogP contribution in [0, 0.1) is 0 Å². The fourth-order valence-corrected chi connectivity index (χ4v) is 1.53. The molecule has 1 aliphatic rings. The lowest BCUT2D eigenvalue weighted by Crippen LogP contribution is -2.31. The maximum Gasteiger partial charge on any atom is 0.471 e. The van der Waals surface area contributed by atoms with Crippen LogP contribution < -0.4 is 5.32 Å². The van der Waals surface area contributed by atoms with Crippen LogP contribution in [0.4, 0.5) is 19.0 Å². The van der Waals surface area contributed by atoms with E-state index in [1.54, 1.807) is 5.32 Å². The summed E-state index contributed by atoms with van der Waals surface area (Å²) in [4.78, 5) is 18.5. The van der Waals surface area contributed by atoms with Crippen molar-refractivity contribution in [2.45, 2.75) is 6.18 Å². The summed E-state index contributed by atoms with van der Waals surface area (Å²) in [6.45, 7) is 0.717. The van der Waals surface area contributed by atoms with E-state index < -0.39 is 12.1 Å². The van der Waals surface area contributed by atoms with E-state index in [4.69, 9.17) is 16.3 Å². The smallest absolute Gasteiger partial charge is 0.471 e. The molecular formula is C10H7ClF3N3O2. The van der Waals surface area contributed by atoms with Crippen molar-refractivity contribution in [3.63, 3.8) is 0 Å². The average molecular weight is 294 g/mol. The van der Waals surface area contributed by atoms with Gasteiger partial charge in [-0.25, -0.2) is 9.98 Å². The maximum atomic E-state index is 12.2. The summed E-state index contributed by atoms with van der Waals surface area (Å²) in [6, 6.07) is 2.75. The highest BCUT2D eigenvalue weighted by Crippen LogP contribution is 2.23. The summed E-state index contributed by atoms with van der Waals surface area (Å²) in [7, 11) is 0. The van der Waals surface area contributed by atoms with Gasteiger partial charge in [-0.1, -0.05) is 11.6 Å². The number of ether oxygens (including phenoxy) is 1. The Balaban J connectivity index is 2.33. The van der Waals surface area contributed by atoms with Crippen LogP contribution in [0.15, 0.2) is 17.1 Å². The van der Waals surface area contributed by atoms with E-state index in [1.807, 2.05) is 0 Å². The first-order valence-electron chi connectivity index (χ1n) is 5.10. The fraction of sp³-hybridized carbons (Fsp3) is 0.300. The van der Waals surface area contributed by atoms with Crippen molar-refractivity contribution >= 4 is 29.2 Å². The molecule has 0 aliphatic carbocycles. The molecule has 0 aromatic carbocycles. The lowest BCUT2D eigenvalue weighted by Gasteiger charge is -2.11. The number of anilines is 1. The number of carbonyl (C=O) groups excluding carboxylic acids is 1. The Kier molecular flexibility index (Phi) is 3.61. The molecular weight excluding hydrogens is 287 g/mol. The second-order valence-electron chi connectivity index (χ2n) is 3.52. The van der Waals surface area contributed by atoms with Crippen molar-refractivity contribution in [1.29, 1.82) is 0 Å². The lowest BCUT2D eigenvalue weighted by atomic mass is 10.2. The number of nitrogens with one attached hydrogen (secondary N) is 1. The van der Waals surface area contributed by atoms with Gasteiger partial charge in [-0.15, -0.1) is 0 Å². The zero-order valence-corrected chi connectivity index (χ0v) is 10.0. The molecule has 0 spiro atoms. The van der Waals surface area contributed by atoms with E-state index in [0.717, 1.165) is 0 Å². The van der Waals surface area contributed by atoms with Gasteiger partial charge in [-0.2, -0.15) is 13.2 Å². The summed E-state index contributed by atoms with van der Waals surface area (Å²) in [5.41, 5.74) is 0.152. The van der Waals surface area contributed by atoms with Crippen LogP contribution in [0.1, 0.15) is 5.56 Å². The Labute approximate surface area is 110 Å². The molecule has 19 heavy (non-hydrogen) atoms. The second kappa shape index (κ2) is 5.04. The average Bonchev–Trinajstić information content (AvgIpc) is 2.81. The number of hydrogen-bond acceptors (Lipinski definition) is 4. The number of carbonyl (C=O) groups is 1. The molecule has 2 rings (SSSR count). The van der Waals surface area contributed by atoms with Gasteiger partial charge >= 0.3 is 12.1 Å². The molecule has 0 unspecified atom stereocenters. The van der Waals surface area contributed by atoms with Gasteiger partial charge in [-0.3, -0.25) is 4.79 Å². The molecule has 0 bridgehead atoms. The van der Waals surface area contributed by atoms with Crippen molar-refractivity contribution in [3.8, 4) is 0 Å². The van der Waals surface area contributed by atoms with Gasteiger partial charge < -0.3 is 10.1 Å². The molecule has 2 heterocycles. The largest absolute Gasteiger partial charge is 0.475 e. The minimum atomic E-state index is -5.01. The summed E-state index contributed by atoms with van der Waals surface area (Å²) >= 11 is 5.60. The monoisotopic (exact) mass is 293 g/mol. The molecule has 9 heteroatoms. The number of aliphatic imine (C=N–C) groups is 1. The highest BCUT2D eigenvalue weighted by Gasteiger charge is 2.39. The standard InChI is InChI=1S/C10H7ClF3N3O2/c11-6-2-1-5(8-15-3-4-19-8)7(16-6)17-9(18)10(12,13)14/h1-2H,3-4H2,(H,16,17,18). The van der Waals surface area contributed by atoms with Crippen LogP contribution in [0.25, 0.3) is 0 Å². The molecule has 0 atom stereocenters. The van der Waals surface area contributed by atoms with Crippen molar-refractivity contribution < 1.29 is 22.7 Å². The molecule has 1 amide bonds. The van der Waals surface area contributed by atoms with Crippen LogP contribution in [-0.4, -0.2) is 36.1 Å². The van der Waals surface area contributed by atoms with Crippen LogP contribution in [0.2, 0.25) is 5.15 Å². The third-order valence-electron chi connectivity index (χ3n) is 2.17. The zero-order valence-electron chi connectivity index (χ0n) is 9.29. The molecule has 1 aliphatic heterocycles. The number of halogens is 4. The lowest BCUT2D eigenvalue weighted by molar-refractivity contribution is -0.167. The summed E-state index contributed by atoms with van der Waals surface area (Å²) in [5, 5.41) is 1.59. The molecule has 5 nitrogen and oxygen atoms in total. The van der Waals surface area contributed by atoms with Gasteiger partial charge in [0.05, 0.1) is 12.1 Å². The minimum absolute atomic E-state index is 0.0557. The number of hydrogen-bond donors (Lipinski definition) is 1. The molecule has 102 valence electrons. The molecule has 0 saturated carbocycles. The predicted molar refractivity (Wildman–Crippen MR) is 61.3 cm³/mol. The van der Waals surface area contributed by atoms with Crippen LogP contribution in [0.5, 0.6) is 0 Å². The Morgan fingerprint density at radius 2 is 2.16 bits per heavy atom. The fourth-order valence-electron chi connectivity index (χ4n) is 1.38. The quantitative estimate of drug-likeness (QED) is 0.849. The summed E-state index contributed by atoms with van der Waals surface area (Å²) < 4.78 is 41.8. The molecule has 1 aromatic heterocycles. The van der Waals surface area contributed by atoms with E-state index in [2.05, 4.69) is 9.98 Å². The van der Waals surface area contributed by atoms with Gasteiger partial charge in [0, 0.05) is 0 Å². The van der Waals surface area contributed by atoms with Crippen LogP contribution >= 0.6 is 11.6 Å². The molecule has 0 saturated heterocycles. The Hall–Kier alpha value is -1.83. The summed E-state index contributed by atoms with van der Waals surface area (Å²) in [5.74, 6) is -2.35. The first-order chi connectivity index (χ1) is 8.88. The van der Waals surface area contributed by atoms with Crippen molar-refractivity contribution in [2.24, 2.45) is 4.99 Å². The Morgan fingerprint density at radius 1 is 1.42 bits per heavy atom. The molecule has 0 radical (unpaired) electrons. The van der Waals surface area contributed by atoms with Gasteiger partial charge in [0.1, 0.15) is 17.6 Å². The predicted octanol–water partition coefficient (Wildman–Crippen LogP) is 2.01.